The molecule has 2 aromatic carbocycles. The Morgan fingerprint density at radius 1 is 1.00 bits per heavy atom. The Kier molecular flexibility index (Phi) is 6.08. The lowest BCUT2D eigenvalue weighted by Gasteiger charge is -2.19. The molecular formula is C22H28N4O3. The second kappa shape index (κ2) is 8.53. The highest BCUT2D eigenvalue weighted by molar-refractivity contribution is 5.44. The lowest BCUT2D eigenvalue weighted by atomic mass is 9.87. The summed E-state index contributed by atoms with van der Waals surface area (Å²) >= 11 is 0. The van der Waals surface area contributed by atoms with Gasteiger partial charge < -0.3 is 19.9 Å². The Morgan fingerprint density at radius 2 is 1.69 bits per heavy atom. The summed E-state index contributed by atoms with van der Waals surface area (Å²) in [5, 5.41) is 7.13. The molecule has 1 heterocycles. The van der Waals surface area contributed by atoms with Gasteiger partial charge in [0, 0.05) is 0 Å². The van der Waals surface area contributed by atoms with Crippen molar-refractivity contribution < 1.29 is 14.2 Å². The van der Waals surface area contributed by atoms with Crippen molar-refractivity contribution in [3.63, 3.8) is 0 Å². The monoisotopic (exact) mass is 396 g/mol. The van der Waals surface area contributed by atoms with Crippen LogP contribution in [0.5, 0.6) is 17.2 Å². The molecule has 154 valence electrons. The minimum Gasteiger partial charge on any atom is -0.493 e. The molecule has 0 radical (unpaired) electrons. The third-order valence-corrected chi connectivity index (χ3v) is 4.69. The molecule has 0 amide bonds. The van der Waals surface area contributed by atoms with Gasteiger partial charge in [-0.2, -0.15) is 5.10 Å². The highest BCUT2D eigenvalue weighted by atomic mass is 16.5. The van der Waals surface area contributed by atoms with Gasteiger partial charge in [-0.1, -0.05) is 39.0 Å². The predicted octanol–water partition coefficient (Wildman–Crippen LogP) is 3.75. The number of nitrogens with two attached hydrogens (primary N) is 1. The molecule has 0 aliphatic rings. The highest BCUT2D eigenvalue weighted by Crippen LogP contribution is 2.30. The summed E-state index contributed by atoms with van der Waals surface area (Å²) in [7, 11) is 3.18. The predicted molar refractivity (Wildman–Crippen MR) is 111 cm³/mol. The molecule has 0 aliphatic carbocycles. The van der Waals surface area contributed by atoms with Gasteiger partial charge in [-0.25, -0.2) is 4.98 Å². The molecule has 0 saturated heterocycles. The summed E-state index contributed by atoms with van der Waals surface area (Å²) in [6.45, 7) is 6.82. The number of aromatic amines is 1. The summed E-state index contributed by atoms with van der Waals surface area (Å²) < 4.78 is 16.4. The van der Waals surface area contributed by atoms with Crippen molar-refractivity contribution >= 4 is 0 Å². The highest BCUT2D eigenvalue weighted by Gasteiger charge is 2.17. The van der Waals surface area contributed by atoms with Crippen molar-refractivity contribution in [3.8, 4) is 17.2 Å². The number of hydrogen-bond donors (Lipinski definition) is 2. The summed E-state index contributed by atoms with van der Waals surface area (Å²) in [5.74, 6) is 3.12. The molecule has 0 aliphatic heterocycles. The molecule has 3 aromatic rings. The van der Waals surface area contributed by atoms with E-state index in [1.807, 2.05) is 30.3 Å². The maximum atomic E-state index is 6.33. The Bertz CT molecular complexity index is 945. The van der Waals surface area contributed by atoms with Crippen LogP contribution in [0, 0.1) is 0 Å². The zero-order valence-electron chi connectivity index (χ0n) is 17.5. The van der Waals surface area contributed by atoms with Crippen molar-refractivity contribution in [1.29, 1.82) is 0 Å². The molecule has 3 N–H and O–H groups in total. The van der Waals surface area contributed by atoms with Crippen molar-refractivity contribution in [2.45, 2.75) is 38.8 Å². The quantitative estimate of drug-likeness (QED) is 0.632. The average Bonchev–Trinajstić information content (AvgIpc) is 3.20. The van der Waals surface area contributed by atoms with E-state index in [2.05, 4.69) is 48.1 Å². The van der Waals surface area contributed by atoms with Gasteiger partial charge in [0.2, 0.25) is 0 Å². The van der Waals surface area contributed by atoms with Crippen LogP contribution in [0.2, 0.25) is 0 Å². The molecule has 29 heavy (non-hydrogen) atoms. The van der Waals surface area contributed by atoms with Gasteiger partial charge in [-0.05, 0) is 40.8 Å². The molecule has 0 spiro atoms. The largest absolute Gasteiger partial charge is 0.493 e. The molecule has 1 aromatic heterocycles. The van der Waals surface area contributed by atoms with E-state index >= 15 is 0 Å². The number of aromatic nitrogens is 3. The van der Waals surface area contributed by atoms with Crippen LogP contribution >= 0.6 is 0 Å². The second-order valence-corrected chi connectivity index (χ2v) is 7.80. The minimum atomic E-state index is -0.495. The maximum absolute atomic E-state index is 6.33. The van der Waals surface area contributed by atoms with E-state index in [1.165, 1.54) is 5.56 Å². The number of rotatable bonds is 7. The van der Waals surface area contributed by atoms with Crippen molar-refractivity contribution in [3.05, 3.63) is 65.2 Å². The lowest BCUT2D eigenvalue weighted by molar-refractivity contribution is 0.296. The van der Waals surface area contributed by atoms with Gasteiger partial charge in [-0.15, -0.1) is 0 Å². The fraction of sp³-hybridized carbons (Fsp3) is 0.364. The number of ether oxygens (including phenoxy) is 3. The van der Waals surface area contributed by atoms with E-state index in [-0.39, 0.29) is 12.0 Å². The number of methoxy groups -OCH3 is 2. The first-order valence-corrected chi connectivity index (χ1v) is 9.44. The van der Waals surface area contributed by atoms with E-state index in [0.29, 0.717) is 23.1 Å². The van der Waals surface area contributed by atoms with E-state index in [0.717, 1.165) is 11.3 Å². The van der Waals surface area contributed by atoms with Gasteiger partial charge in [-0.3, -0.25) is 5.10 Å². The molecule has 1 atom stereocenters. The van der Waals surface area contributed by atoms with Crippen LogP contribution in [0.4, 0.5) is 0 Å². The second-order valence-electron chi connectivity index (χ2n) is 7.80. The van der Waals surface area contributed by atoms with Crippen molar-refractivity contribution in [2.24, 2.45) is 5.73 Å². The fourth-order valence-electron chi connectivity index (χ4n) is 2.91. The van der Waals surface area contributed by atoms with Crippen LogP contribution < -0.4 is 19.9 Å². The smallest absolute Gasteiger partial charge is 0.172 e. The molecule has 3 rings (SSSR count). The first kappa shape index (κ1) is 20.7. The SMILES string of the molecule is COc1ccc([C@@H](N)c2n[nH]c(COc3ccc(C(C)(C)C)cc3)n2)cc1OC. The van der Waals surface area contributed by atoms with Crippen molar-refractivity contribution in [2.75, 3.05) is 14.2 Å². The third kappa shape index (κ3) is 4.86. The molecule has 0 fully saturated rings. The Labute approximate surface area is 171 Å². The van der Waals surface area contributed by atoms with E-state index < -0.39 is 6.04 Å². The molecule has 0 unspecified atom stereocenters. The summed E-state index contributed by atoms with van der Waals surface area (Å²) in [6, 6.07) is 13.1. The number of hydrogen-bond acceptors (Lipinski definition) is 6. The van der Waals surface area contributed by atoms with Crippen LogP contribution in [-0.4, -0.2) is 29.4 Å². The zero-order valence-corrected chi connectivity index (χ0v) is 17.5. The number of benzene rings is 2. The first-order chi connectivity index (χ1) is 13.8. The molecule has 0 bridgehead atoms. The topological polar surface area (TPSA) is 95.3 Å². The zero-order chi connectivity index (χ0) is 21.0. The van der Waals surface area contributed by atoms with E-state index in [9.17, 15) is 0 Å². The Balaban J connectivity index is 1.66. The summed E-state index contributed by atoms with van der Waals surface area (Å²) in [5.41, 5.74) is 8.52. The van der Waals surface area contributed by atoms with E-state index in [4.69, 9.17) is 19.9 Å². The van der Waals surface area contributed by atoms with Crippen LogP contribution in [0.3, 0.4) is 0 Å². The van der Waals surface area contributed by atoms with Gasteiger partial charge in [0.25, 0.3) is 0 Å². The van der Waals surface area contributed by atoms with Gasteiger partial charge in [0.05, 0.1) is 20.3 Å². The van der Waals surface area contributed by atoms with Crippen LogP contribution in [0.25, 0.3) is 0 Å². The van der Waals surface area contributed by atoms with Gasteiger partial charge in [0.15, 0.2) is 23.1 Å². The number of nitrogens with one attached hydrogen (secondary N) is 1. The van der Waals surface area contributed by atoms with Gasteiger partial charge >= 0.3 is 0 Å². The van der Waals surface area contributed by atoms with Crippen LogP contribution in [0.1, 0.15) is 49.6 Å². The van der Waals surface area contributed by atoms with E-state index in [1.54, 1.807) is 14.2 Å². The molecule has 7 nitrogen and oxygen atoms in total. The van der Waals surface area contributed by atoms with Crippen LogP contribution in [-0.2, 0) is 12.0 Å². The fourth-order valence-corrected chi connectivity index (χ4v) is 2.91. The van der Waals surface area contributed by atoms with Crippen LogP contribution in [0.15, 0.2) is 42.5 Å². The first-order valence-electron chi connectivity index (χ1n) is 9.44. The molecule has 0 saturated carbocycles. The van der Waals surface area contributed by atoms with Crippen molar-refractivity contribution in [1.82, 2.24) is 15.2 Å². The van der Waals surface area contributed by atoms with Gasteiger partial charge in [0.1, 0.15) is 12.4 Å². The third-order valence-electron chi connectivity index (χ3n) is 4.69. The summed E-state index contributed by atoms with van der Waals surface area (Å²) in [4.78, 5) is 4.47. The standard InChI is InChI=1S/C22H28N4O3/c1-22(2,3)15-7-9-16(10-8-15)29-13-19-24-21(26-25-19)20(23)14-6-11-17(27-4)18(12-14)28-5/h6-12,20H,13,23H2,1-5H3,(H,24,25,26)/t20-/m1/s1. The normalized spacial score (nSPS) is 12.5. The summed E-state index contributed by atoms with van der Waals surface area (Å²) in [6.07, 6.45) is 0. The maximum Gasteiger partial charge on any atom is 0.172 e. The molecule has 7 heteroatoms. The Morgan fingerprint density at radius 3 is 2.31 bits per heavy atom. The Hall–Kier alpha value is -3.06. The number of H-pyrrole nitrogens is 1. The lowest BCUT2D eigenvalue weighted by Crippen LogP contribution is -2.14. The number of nitrogens with zero attached hydrogens (tertiary/aromatic N) is 2. The minimum absolute atomic E-state index is 0.110. The average molecular weight is 396 g/mol. The molecular weight excluding hydrogens is 368 g/mol.